The molecule has 29 heavy (non-hydrogen) atoms. The van der Waals surface area contributed by atoms with Gasteiger partial charge in [-0.05, 0) is 0 Å². The molecule has 0 heterocycles. The van der Waals surface area contributed by atoms with Gasteiger partial charge >= 0.3 is 201 Å². The number of hydrogen-bond acceptors (Lipinski definition) is 1. The molecule has 0 saturated heterocycles. The van der Waals surface area contributed by atoms with Gasteiger partial charge in [0.05, 0.1) is 0 Å². The summed E-state index contributed by atoms with van der Waals surface area (Å²) < 4.78 is 1.20. The number of halogens is 2. The fourth-order valence-corrected chi connectivity index (χ4v) is 12.8. The third kappa shape index (κ3) is 3.83. The van der Waals surface area contributed by atoms with Crippen LogP contribution in [0.1, 0.15) is 5.56 Å². The molecule has 0 aliphatic heterocycles. The van der Waals surface area contributed by atoms with E-state index in [1.165, 1.54) is 25.0 Å². The molecule has 0 fully saturated rings. The molecular weight excluding hydrogens is 570 g/mol. The van der Waals surface area contributed by atoms with E-state index in [0.717, 1.165) is 11.1 Å². The summed E-state index contributed by atoms with van der Waals surface area (Å²) in [5.41, 5.74) is 1.25. The van der Waals surface area contributed by atoms with Crippen LogP contribution in [0.2, 0.25) is 0 Å². The number of benzene rings is 4. The molecule has 4 heteroatoms. The summed E-state index contributed by atoms with van der Waals surface area (Å²) in [6, 6.07) is 39.2. The van der Waals surface area contributed by atoms with Crippen molar-refractivity contribution in [2.75, 3.05) is 0 Å². The molecule has 0 aromatic heterocycles. The van der Waals surface area contributed by atoms with Gasteiger partial charge in [-0.1, -0.05) is 0 Å². The van der Waals surface area contributed by atoms with E-state index in [4.69, 9.17) is 12.6 Å². The van der Waals surface area contributed by atoms with Crippen molar-refractivity contribution in [3.63, 3.8) is 0 Å². The van der Waals surface area contributed by atoms with E-state index in [9.17, 15) is 0 Å². The molecule has 0 bridgehead atoms. The summed E-state index contributed by atoms with van der Waals surface area (Å²) in [7, 11) is 0. The fraction of sp³-hybridized carbons (Fsp3) is 0.0400. The average Bonchev–Trinajstić information content (AvgIpc) is 2.78. The van der Waals surface area contributed by atoms with Crippen LogP contribution in [0.5, 0.6) is 0 Å². The molecular formula is C25H21BrIPS. The van der Waals surface area contributed by atoms with Crippen LogP contribution >= 0.6 is 56.0 Å². The Kier molecular flexibility index (Phi) is 6.22. The second-order valence-corrected chi connectivity index (χ2v) is 17.8. The normalized spacial score (nSPS) is 12.9. The maximum absolute atomic E-state index is 4.85. The third-order valence-electron chi connectivity index (χ3n) is 5.40. The van der Waals surface area contributed by atoms with E-state index in [1.807, 2.05) is 0 Å². The van der Waals surface area contributed by atoms with Gasteiger partial charge in [0.15, 0.2) is 0 Å². The molecule has 0 atom stereocenters. The standard InChI is InChI=1S/C25H21BrIPS/c26-28(22-10-4-1-5-11-22,23-12-6-2-7-13-23,24-14-8-3-9-15-24)19-20-16-17-21(27)18-25(20)29/h1-18,29H,19H2. The molecule has 0 aliphatic rings. The van der Waals surface area contributed by atoms with Gasteiger partial charge < -0.3 is 0 Å². The topological polar surface area (TPSA) is 0 Å². The first-order valence-corrected chi connectivity index (χ1v) is 15.4. The van der Waals surface area contributed by atoms with Crippen molar-refractivity contribution in [2.45, 2.75) is 11.1 Å². The Morgan fingerprint density at radius 2 is 1.07 bits per heavy atom. The van der Waals surface area contributed by atoms with Crippen molar-refractivity contribution < 1.29 is 0 Å². The fourth-order valence-electron chi connectivity index (χ4n) is 3.93. The van der Waals surface area contributed by atoms with Crippen LogP contribution in [0.4, 0.5) is 0 Å². The van der Waals surface area contributed by atoms with Crippen molar-refractivity contribution in [3.05, 3.63) is 118 Å². The summed E-state index contributed by atoms with van der Waals surface area (Å²) >= 11 is 11.7. The summed E-state index contributed by atoms with van der Waals surface area (Å²) in [5.74, 6) is 0. The monoisotopic (exact) mass is 590 g/mol. The van der Waals surface area contributed by atoms with E-state index in [0.29, 0.717) is 0 Å². The van der Waals surface area contributed by atoms with Crippen LogP contribution in [0.25, 0.3) is 0 Å². The van der Waals surface area contributed by atoms with Crippen LogP contribution in [0.15, 0.2) is 114 Å². The number of hydrogen-bond donors (Lipinski definition) is 1. The van der Waals surface area contributed by atoms with Gasteiger partial charge in [-0.3, -0.25) is 0 Å². The Balaban J connectivity index is 2.09. The van der Waals surface area contributed by atoms with E-state index < -0.39 is 5.31 Å². The Labute approximate surface area is 200 Å². The van der Waals surface area contributed by atoms with Crippen LogP contribution in [0.3, 0.4) is 0 Å². The molecule has 4 rings (SSSR count). The minimum absolute atomic E-state index is 0.861. The molecule has 4 aromatic carbocycles. The number of thiol groups is 1. The zero-order valence-electron chi connectivity index (χ0n) is 15.7. The second-order valence-electron chi connectivity index (χ2n) is 7.12. The molecule has 0 amide bonds. The Morgan fingerprint density at radius 3 is 1.45 bits per heavy atom. The Bertz CT molecular complexity index is 1020. The van der Waals surface area contributed by atoms with E-state index in [2.05, 4.69) is 147 Å². The quantitative estimate of drug-likeness (QED) is 0.146. The summed E-state index contributed by atoms with van der Waals surface area (Å²) in [5, 5.41) is 0.995. The predicted octanol–water partition coefficient (Wildman–Crippen LogP) is 6.92. The van der Waals surface area contributed by atoms with Gasteiger partial charge in [-0.15, -0.1) is 0 Å². The Morgan fingerprint density at radius 1 is 0.655 bits per heavy atom. The maximum atomic E-state index is 4.85. The van der Waals surface area contributed by atoms with Crippen LogP contribution in [-0.2, 0) is 6.16 Å². The van der Waals surface area contributed by atoms with Crippen molar-refractivity contribution >= 4 is 71.9 Å². The summed E-state index contributed by atoms with van der Waals surface area (Å²) in [6.07, 6.45) is 0.861. The first kappa shape index (κ1) is 21.1. The van der Waals surface area contributed by atoms with Crippen LogP contribution in [-0.4, -0.2) is 0 Å². The molecule has 0 spiro atoms. The first-order valence-electron chi connectivity index (χ1n) is 9.39. The van der Waals surface area contributed by atoms with Crippen LogP contribution < -0.4 is 15.9 Å². The molecule has 0 radical (unpaired) electrons. The average molecular weight is 591 g/mol. The van der Waals surface area contributed by atoms with E-state index >= 15 is 0 Å². The van der Waals surface area contributed by atoms with E-state index in [-0.39, 0.29) is 0 Å². The summed E-state index contributed by atoms with van der Waals surface area (Å²) in [4.78, 5) is 1.04. The van der Waals surface area contributed by atoms with Gasteiger partial charge in [0.1, 0.15) is 0 Å². The minimum atomic E-state index is -2.97. The predicted molar refractivity (Wildman–Crippen MR) is 144 cm³/mol. The number of rotatable bonds is 5. The molecule has 0 aliphatic carbocycles. The zero-order valence-corrected chi connectivity index (χ0v) is 21.3. The second kappa shape index (κ2) is 8.55. The Hall–Kier alpha value is -1.13. The summed E-state index contributed by atoms with van der Waals surface area (Å²) in [6.45, 7) is 0. The SMILES string of the molecule is Sc1cc(I)ccc1CP(Br)(c1ccccc1)(c1ccccc1)c1ccccc1. The van der Waals surface area contributed by atoms with Crippen LogP contribution in [0, 0.1) is 3.57 Å². The van der Waals surface area contributed by atoms with Gasteiger partial charge in [-0.2, -0.15) is 0 Å². The molecule has 0 unspecified atom stereocenters. The molecule has 0 N–H and O–H groups in total. The van der Waals surface area contributed by atoms with Gasteiger partial charge in [-0.25, -0.2) is 0 Å². The van der Waals surface area contributed by atoms with Gasteiger partial charge in [0.2, 0.25) is 0 Å². The molecule has 0 nitrogen and oxygen atoms in total. The molecule has 4 aromatic rings. The van der Waals surface area contributed by atoms with Crippen molar-refractivity contribution in [3.8, 4) is 0 Å². The van der Waals surface area contributed by atoms with Crippen molar-refractivity contribution in [1.82, 2.24) is 0 Å². The zero-order chi connectivity index (χ0) is 20.3. The molecule has 0 saturated carbocycles. The van der Waals surface area contributed by atoms with Gasteiger partial charge in [0, 0.05) is 0 Å². The molecule has 146 valence electrons. The van der Waals surface area contributed by atoms with Crippen molar-refractivity contribution in [1.29, 1.82) is 0 Å². The first-order chi connectivity index (χ1) is 14.0. The van der Waals surface area contributed by atoms with E-state index in [1.54, 1.807) is 0 Å². The third-order valence-corrected chi connectivity index (χ3v) is 16.0. The van der Waals surface area contributed by atoms with Gasteiger partial charge in [0.25, 0.3) is 0 Å². The van der Waals surface area contributed by atoms with Crippen molar-refractivity contribution in [2.24, 2.45) is 0 Å².